The molecular formula is C17H18Br2FN. The van der Waals surface area contributed by atoms with Crippen molar-refractivity contribution in [3.05, 3.63) is 67.9 Å². The molecule has 0 radical (unpaired) electrons. The summed E-state index contributed by atoms with van der Waals surface area (Å²) in [5, 5.41) is 3.45. The molecule has 2 rings (SSSR count). The van der Waals surface area contributed by atoms with Crippen LogP contribution < -0.4 is 5.32 Å². The number of nitrogens with one attached hydrogen (secondary N) is 1. The molecule has 0 aliphatic rings. The minimum atomic E-state index is -0.194. The van der Waals surface area contributed by atoms with Gasteiger partial charge in [0, 0.05) is 14.5 Å². The third-order valence-corrected chi connectivity index (χ3v) is 4.55. The van der Waals surface area contributed by atoms with Crippen LogP contribution in [0.5, 0.6) is 0 Å². The minimum Gasteiger partial charge on any atom is -0.306 e. The molecule has 0 amide bonds. The number of rotatable bonds is 5. The van der Waals surface area contributed by atoms with Crippen LogP contribution in [0.3, 0.4) is 0 Å². The molecule has 112 valence electrons. The van der Waals surface area contributed by atoms with Gasteiger partial charge in [0.1, 0.15) is 5.82 Å². The van der Waals surface area contributed by atoms with Crippen LogP contribution in [0.4, 0.5) is 4.39 Å². The molecule has 1 unspecified atom stereocenters. The highest BCUT2D eigenvalue weighted by molar-refractivity contribution is 9.10. The molecule has 0 aromatic heterocycles. The lowest BCUT2D eigenvalue weighted by Gasteiger charge is -2.22. The Morgan fingerprint density at radius 1 is 1.10 bits per heavy atom. The van der Waals surface area contributed by atoms with Crippen molar-refractivity contribution in [1.82, 2.24) is 5.32 Å². The first-order valence-corrected chi connectivity index (χ1v) is 8.56. The standard InChI is InChI=1S/C17H18Br2FN/c1-3-8-21-17(13-9-11(2)4-6-15(13)19)14-10-12(18)5-7-16(14)20/h4-7,9-10,17,21H,3,8H2,1-2H3. The van der Waals surface area contributed by atoms with Gasteiger partial charge in [0.05, 0.1) is 6.04 Å². The molecule has 0 saturated carbocycles. The lowest BCUT2D eigenvalue weighted by atomic mass is 9.96. The van der Waals surface area contributed by atoms with Crippen molar-refractivity contribution in [2.75, 3.05) is 6.54 Å². The van der Waals surface area contributed by atoms with Crippen molar-refractivity contribution >= 4 is 31.9 Å². The smallest absolute Gasteiger partial charge is 0.128 e. The molecule has 0 spiro atoms. The average Bonchev–Trinajstić information content (AvgIpc) is 2.46. The van der Waals surface area contributed by atoms with Crippen LogP contribution >= 0.6 is 31.9 Å². The Labute approximate surface area is 142 Å². The summed E-state index contributed by atoms with van der Waals surface area (Å²) in [6.07, 6.45) is 0.996. The van der Waals surface area contributed by atoms with Gasteiger partial charge in [-0.15, -0.1) is 0 Å². The molecule has 2 aromatic carbocycles. The van der Waals surface area contributed by atoms with E-state index >= 15 is 0 Å². The fourth-order valence-corrected chi connectivity index (χ4v) is 3.15. The van der Waals surface area contributed by atoms with Crippen LogP contribution in [-0.2, 0) is 0 Å². The van der Waals surface area contributed by atoms with E-state index in [9.17, 15) is 4.39 Å². The number of halogens is 3. The number of benzene rings is 2. The summed E-state index contributed by atoms with van der Waals surface area (Å²) in [5.74, 6) is -0.194. The molecule has 1 N–H and O–H groups in total. The van der Waals surface area contributed by atoms with E-state index in [0.29, 0.717) is 5.56 Å². The quantitative estimate of drug-likeness (QED) is 0.656. The van der Waals surface area contributed by atoms with E-state index in [-0.39, 0.29) is 11.9 Å². The summed E-state index contributed by atoms with van der Waals surface area (Å²) in [4.78, 5) is 0. The van der Waals surface area contributed by atoms with Gasteiger partial charge in [-0.1, -0.05) is 56.5 Å². The third kappa shape index (κ3) is 4.15. The van der Waals surface area contributed by atoms with Gasteiger partial charge in [0.25, 0.3) is 0 Å². The molecule has 0 saturated heterocycles. The molecule has 0 aliphatic heterocycles. The fourth-order valence-electron chi connectivity index (χ4n) is 2.30. The van der Waals surface area contributed by atoms with Gasteiger partial charge in [0.15, 0.2) is 0 Å². The number of hydrogen-bond donors (Lipinski definition) is 1. The molecule has 0 heterocycles. The summed E-state index contributed by atoms with van der Waals surface area (Å²) in [6.45, 7) is 4.98. The van der Waals surface area contributed by atoms with Crippen LogP contribution in [0.25, 0.3) is 0 Å². The maximum Gasteiger partial charge on any atom is 0.128 e. The van der Waals surface area contributed by atoms with Gasteiger partial charge in [-0.2, -0.15) is 0 Å². The molecule has 1 atom stereocenters. The monoisotopic (exact) mass is 413 g/mol. The second-order valence-electron chi connectivity index (χ2n) is 5.08. The van der Waals surface area contributed by atoms with E-state index < -0.39 is 0 Å². The fraction of sp³-hybridized carbons (Fsp3) is 0.294. The Morgan fingerprint density at radius 2 is 1.86 bits per heavy atom. The molecule has 21 heavy (non-hydrogen) atoms. The Morgan fingerprint density at radius 3 is 2.57 bits per heavy atom. The van der Waals surface area contributed by atoms with Crippen LogP contribution in [0, 0.1) is 12.7 Å². The van der Waals surface area contributed by atoms with E-state index in [0.717, 1.165) is 33.0 Å². The van der Waals surface area contributed by atoms with Crippen molar-refractivity contribution < 1.29 is 4.39 Å². The minimum absolute atomic E-state index is 0.170. The Hall–Kier alpha value is -0.710. The van der Waals surface area contributed by atoms with E-state index in [1.165, 1.54) is 6.07 Å². The molecule has 1 nitrogen and oxygen atoms in total. The maximum atomic E-state index is 14.3. The predicted octanol–water partition coefficient (Wildman–Crippen LogP) is 5.75. The molecule has 0 aliphatic carbocycles. The van der Waals surface area contributed by atoms with Gasteiger partial charge in [-0.05, 0) is 49.7 Å². The second-order valence-corrected chi connectivity index (χ2v) is 6.85. The maximum absolute atomic E-state index is 14.3. The first-order valence-electron chi connectivity index (χ1n) is 6.97. The molecule has 2 aromatic rings. The largest absolute Gasteiger partial charge is 0.306 e. The first kappa shape index (κ1) is 16.7. The van der Waals surface area contributed by atoms with Crippen LogP contribution in [0.15, 0.2) is 45.3 Å². The highest BCUT2D eigenvalue weighted by atomic mass is 79.9. The van der Waals surface area contributed by atoms with E-state index in [1.807, 2.05) is 25.1 Å². The Bertz CT molecular complexity index is 577. The van der Waals surface area contributed by atoms with Gasteiger partial charge in [-0.25, -0.2) is 4.39 Å². The summed E-state index contributed by atoms with van der Waals surface area (Å²) in [6, 6.07) is 11.1. The van der Waals surface area contributed by atoms with Crippen LogP contribution in [0.1, 0.15) is 36.1 Å². The van der Waals surface area contributed by atoms with Gasteiger partial charge >= 0.3 is 0 Å². The zero-order valence-electron chi connectivity index (χ0n) is 12.1. The lowest BCUT2D eigenvalue weighted by Crippen LogP contribution is -2.24. The van der Waals surface area contributed by atoms with Crippen molar-refractivity contribution in [1.29, 1.82) is 0 Å². The summed E-state index contributed by atoms with van der Waals surface area (Å²) in [5.41, 5.74) is 2.87. The van der Waals surface area contributed by atoms with Crippen molar-refractivity contribution in [3.8, 4) is 0 Å². The van der Waals surface area contributed by atoms with Gasteiger partial charge in [0.2, 0.25) is 0 Å². The Balaban J connectivity index is 2.52. The zero-order valence-corrected chi connectivity index (χ0v) is 15.3. The SMILES string of the molecule is CCCNC(c1cc(Br)ccc1F)c1cc(C)ccc1Br. The van der Waals surface area contributed by atoms with E-state index in [4.69, 9.17) is 0 Å². The second kappa shape index (κ2) is 7.52. The highest BCUT2D eigenvalue weighted by Crippen LogP contribution is 2.32. The lowest BCUT2D eigenvalue weighted by molar-refractivity contribution is 0.545. The summed E-state index contributed by atoms with van der Waals surface area (Å²) >= 11 is 7.02. The van der Waals surface area contributed by atoms with Gasteiger partial charge < -0.3 is 5.32 Å². The van der Waals surface area contributed by atoms with Crippen molar-refractivity contribution in [2.24, 2.45) is 0 Å². The molecule has 4 heteroatoms. The van der Waals surface area contributed by atoms with Crippen molar-refractivity contribution in [3.63, 3.8) is 0 Å². The zero-order chi connectivity index (χ0) is 15.4. The molecule has 0 bridgehead atoms. The molecule has 0 fully saturated rings. The topological polar surface area (TPSA) is 12.0 Å². The summed E-state index contributed by atoms with van der Waals surface area (Å²) < 4.78 is 16.2. The summed E-state index contributed by atoms with van der Waals surface area (Å²) in [7, 11) is 0. The normalized spacial score (nSPS) is 12.4. The highest BCUT2D eigenvalue weighted by Gasteiger charge is 2.20. The average molecular weight is 415 g/mol. The van der Waals surface area contributed by atoms with Crippen LogP contribution in [-0.4, -0.2) is 6.54 Å². The molecular weight excluding hydrogens is 397 g/mol. The first-order chi connectivity index (χ1) is 10.0. The number of aryl methyl sites for hydroxylation is 1. The predicted molar refractivity (Wildman–Crippen MR) is 93.1 cm³/mol. The van der Waals surface area contributed by atoms with Crippen LogP contribution in [0.2, 0.25) is 0 Å². The number of hydrogen-bond acceptors (Lipinski definition) is 1. The van der Waals surface area contributed by atoms with Gasteiger partial charge in [-0.3, -0.25) is 0 Å². The third-order valence-electron chi connectivity index (χ3n) is 3.33. The van der Waals surface area contributed by atoms with E-state index in [2.05, 4.69) is 50.2 Å². The Kier molecular flexibility index (Phi) is 5.97. The van der Waals surface area contributed by atoms with E-state index in [1.54, 1.807) is 6.07 Å². The van der Waals surface area contributed by atoms with Crippen molar-refractivity contribution in [2.45, 2.75) is 26.3 Å².